The quantitative estimate of drug-likeness (QED) is 0.563. The molecule has 0 aromatic heterocycles. The van der Waals surface area contributed by atoms with Gasteiger partial charge in [0.25, 0.3) is 0 Å². The number of ketones is 1. The molecule has 0 aromatic carbocycles. The Balaban J connectivity index is 2.11. The zero-order chi connectivity index (χ0) is 11.8. The molecule has 0 aliphatic heterocycles. The molecule has 0 radical (unpaired) electrons. The third-order valence-electron chi connectivity index (χ3n) is 4.36. The van der Waals surface area contributed by atoms with Gasteiger partial charge >= 0.3 is 0 Å². The van der Waals surface area contributed by atoms with Gasteiger partial charge in [0.1, 0.15) is 0 Å². The van der Waals surface area contributed by atoms with Crippen molar-refractivity contribution >= 4 is 5.78 Å². The third-order valence-corrected chi connectivity index (χ3v) is 4.36. The fourth-order valence-corrected chi connectivity index (χ4v) is 2.96. The molecular weight excluding hydrogens is 196 g/mol. The molecule has 0 saturated heterocycles. The van der Waals surface area contributed by atoms with Crippen molar-refractivity contribution in [2.24, 2.45) is 17.3 Å². The zero-order valence-electron chi connectivity index (χ0n) is 10.6. The highest BCUT2D eigenvalue weighted by molar-refractivity contribution is 5.89. The monoisotopic (exact) mass is 218 g/mol. The van der Waals surface area contributed by atoms with Gasteiger partial charge in [-0.25, -0.2) is 0 Å². The molecule has 0 N–H and O–H groups in total. The molecule has 16 heavy (non-hydrogen) atoms. The van der Waals surface area contributed by atoms with Crippen LogP contribution >= 0.6 is 0 Å². The average molecular weight is 218 g/mol. The molecule has 0 aromatic rings. The second-order valence-electron chi connectivity index (χ2n) is 5.91. The lowest BCUT2D eigenvalue weighted by Gasteiger charge is -2.03. The van der Waals surface area contributed by atoms with Crippen LogP contribution in [0.3, 0.4) is 0 Å². The number of allylic oxidation sites excluding steroid dienone is 4. The largest absolute Gasteiger partial charge is 0.295 e. The Kier molecular flexibility index (Phi) is 3.05. The minimum Gasteiger partial charge on any atom is -0.295 e. The van der Waals surface area contributed by atoms with Gasteiger partial charge in [0.05, 0.1) is 0 Å². The van der Waals surface area contributed by atoms with Crippen molar-refractivity contribution in [3.63, 3.8) is 0 Å². The third kappa shape index (κ3) is 2.28. The van der Waals surface area contributed by atoms with Crippen LogP contribution in [0.5, 0.6) is 0 Å². The van der Waals surface area contributed by atoms with E-state index in [0.717, 1.165) is 12.3 Å². The molecule has 1 heteroatoms. The van der Waals surface area contributed by atoms with Crippen molar-refractivity contribution in [1.29, 1.82) is 0 Å². The highest BCUT2D eigenvalue weighted by atomic mass is 16.1. The molecule has 2 atom stereocenters. The van der Waals surface area contributed by atoms with Crippen LogP contribution in [0, 0.1) is 17.3 Å². The van der Waals surface area contributed by atoms with Crippen molar-refractivity contribution in [2.45, 2.75) is 46.5 Å². The van der Waals surface area contributed by atoms with Gasteiger partial charge in [-0.2, -0.15) is 0 Å². The number of hydrogen-bond donors (Lipinski definition) is 0. The van der Waals surface area contributed by atoms with Crippen molar-refractivity contribution < 1.29 is 4.79 Å². The minimum atomic E-state index is 0.285. The fourth-order valence-electron chi connectivity index (χ4n) is 2.96. The predicted molar refractivity (Wildman–Crippen MR) is 67.1 cm³/mol. The Hall–Kier alpha value is -0.850. The Morgan fingerprint density at radius 3 is 2.81 bits per heavy atom. The Labute approximate surface area is 98.6 Å². The van der Waals surface area contributed by atoms with Crippen LogP contribution in [0.25, 0.3) is 0 Å². The van der Waals surface area contributed by atoms with Crippen LogP contribution in [0.1, 0.15) is 46.5 Å². The second kappa shape index (κ2) is 4.20. The average Bonchev–Trinajstić information content (AvgIpc) is 2.74. The van der Waals surface area contributed by atoms with E-state index in [2.05, 4.69) is 32.9 Å². The molecule has 1 fully saturated rings. The smallest absolute Gasteiger partial charge is 0.155 e. The van der Waals surface area contributed by atoms with Gasteiger partial charge in [-0.1, -0.05) is 31.6 Å². The van der Waals surface area contributed by atoms with Crippen molar-refractivity contribution in [3.8, 4) is 0 Å². The van der Waals surface area contributed by atoms with Crippen LogP contribution in [0.15, 0.2) is 23.8 Å². The Morgan fingerprint density at radius 1 is 1.31 bits per heavy atom. The van der Waals surface area contributed by atoms with E-state index in [-0.39, 0.29) is 5.78 Å². The molecule has 2 rings (SSSR count). The summed E-state index contributed by atoms with van der Waals surface area (Å²) in [5.41, 5.74) is 1.87. The number of hydrogen-bond acceptors (Lipinski definition) is 1. The molecule has 0 spiro atoms. The first-order valence-electron chi connectivity index (χ1n) is 6.38. The lowest BCUT2D eigenvalue weighted by molar-refractivity contribution is -0.114. The Morgan fingerprint density at radius 2 is 2.06 bits per heavy atom. The van der Waals surface area contributed by atoms with Crippen LogP contribution in [-0.4, -0.2) is 5.78 Å². The molecule has 0 unspecified atom stereocenters. The van der Waals surface area contributed by atoms with E-state index in [1.807, 2.05) is 6.08 Å². The number of fused-ring (bicyclic) bond motifs is 1. The van der Waals surface area contributed by atoms with Gasteiger partial charge in [-0.3, -0.25) is 4.79 Å². The van der Waals surface area contributed by atoms with Gasteiger partial charge in [-0.15, -0.1) is 0 Å². The second-order valence-corrected chi connectivity index (χ2v) is 5.91. The van der Waals surface area contributed by atoms with Crippen molar-refractivity contribution in [2.75, 3.05) is 0 Å². The van der Waals surface area contributed by atoms with Crippen molar-refractivity contribution in [3.05, 3.63) is 23.8 Å². The molecule has 0 heterocycles. The SMILES string of the molecule is CC1=CCCC(=O)C=C[C@H]2[C@@H](CC1)C2(C)C. The summed E-state index contributed by atoms with van der Waals surface area (Å²) in [5.74, 6) is 1.69. The predicted octanol–water partition coefficient (Wildman–Crippen LogP) is 3.90. The number of carbonyl (C=O) groups excluding carboxylic acids is 1. The van der Waals surface area contributed by atoms with Gasteiger partial charge < -0.3 is 0 Å². The minimum absolute atomic E-state index is 0.285. The highest BCUT2D eigenvalue weighted by Gasteiger charge is 2.55. The maximum Gasteiger partial charge on any atom is 0.155 e. The lowest BCUT2D eigenvalue weighted by Crippen LogP contribution is -1.94. The van der Waals surface area contributed by atoms with Crippen LogP contribution in [0.2, 0.25) is 0 Å². The van der Waals surface area contributed by atoms with E-state index < -0.39 is 0 Å². The van der Waals surface area contributed by atoms with Gasteiger partial charge in [0.15, 0.2) is 5.78 Å². The molecule has 88 valence electrons. The van der Waals surface area contributed by atoms with Gasteiger partial charge in [0, 0.05) is 6.42 Å². The van der Waals surface area contributed by atoms with E-state index in [1.165, 1.54) is 18.4 Å². The summed E-state index contributed by atoms with van der Waals surface area (Å²) < 4.78 is 0. The number of carbonyl (C=O) groups is 1. The van der Waals surface area contributed by atoms with E-state index >= 15 is 0 Å². The molecule has 1 saturated carbocycles. The van der Waals surface area contributed by atoms with Crippen LogP contribution in [-0.2, 0) is 4.79 Å². The molecule has 0 amide bonds. The van der Waals surface area contributed by atoms with E-state index in [1.54, 1.807) is 0 Å². The van der Waals surface area contributed by atoms with Crippen LogP contribution in [0.4, 0.5) is 0 Å². The normalized spacial score (nSPS) is 33.7. The summed E-state index contributed by atoms with van der Waals surface area (Å²) in [4.78, 5) is 11.6. The van der Waals surface area contributed by atoms with Gasteiger partial charge in [-0.05, 0) is 49.5 Å². The maximum atomic E-state index is 11.6. The molecule has 1 nitrogen and oxygen atoms in total. The summed E-state index contributed by atoms with van der Waals surface area (Å²) in [6.07, 6.45) is 10.3. The standard InChI is InChI=1S/C15H22O/c1-11-5-4-6-12(16)8-10-14-13(9-7-11)15(14,2)3/h5,8,10,13-14H,4,6-7,9H2,1-3H3/t13-,14+/m1/s1. The van der Waals surface area contributed by atoms with E-state index in [4.69, 9.17) is 0 Å². The summed E-state index contributed by atoms with van der Waals surface area (Å²) in [7, 11) is 0. The van der Waals surface area contributed by atoms with E-state index in [0.29, 0.717) is 17.8 Å². The first-order chi connectivity index (χ1) is 7.51. The topological polar surface area (TPSA) is 17.1 Å². The van der Waals surface area contributed by atoms with Crippen molar-refractivity contribution in [1.82, 2.24) is 0 Å². The summed E-state index contributed by atoms with van der Waals surface area (Å²) in [6, 6.07) is 0. The first-order valence-corrected chi connectivity index (χ1v) is 6.38. The number of rotatable bonds is 0. The maximum absolute atomic E-state index is 11.6. The lowest BCUT2D eigenvalue weighted by atomic mass is 10.0. The molecule has 0 bridgehead atoms. The molecule has 2 aliphatic carbocycles. The van der Waals surface area contributed by atoms with Gasteiger partial charge in [0.2, 0.25) is 0 Å². The summed E-state index contributed by atoms with van der Waals surface area (Å²) >= 11 is 0. The summed E-state index contributed by atoms with van der Waals surface area (Å²) in [5, 5.41) is 0. The molecule has 2 aliphatic rings. The first kappa shape index (κ1) is 11.6. The highest BCUT2D eigenvalue weighted by Crippen LogP contribution is 2.61. The molecular formula is C15H22O. The summed E-state index contributed by atoms with van der Waals surface area (Å²) in [6.45, 7) is 6.84. The van der Waals surface area contributed by atoms with E-state index in [9.17, 15) is 4.79 Å². The zero-order valence-corrected chi connectivity index (χ0v) is 10.6. The fraction of sp³-hybridized carbons (Fsp3) is 0.667. The van der Waals surface area contributed by atoms with Crippen LogP contribution < -0.4 is 0 Å². The Bertz CT molecular complexity index is 346.